The number of ether oxygens (including phenoxy) is 1. The van der Waals surface area contributed by atoms with Crippen molar-refractivity contribution in [2.24, 2.45) is 0 Å². The van der Waals surface area contributed by atoms with E-state index in [1.807, 2.05) is 6.92 Å². The Labute approximate surface area is 134 Å². The number of hydrogen-bond acceptors (Lipinski definition) is 4. The Morgan fingerprint density at radius 3 is 2.57 bits per heavy atom. The van der Waals surface area contributed by atoms with Gasteiger partial charge in [-0.25, -0.2) is 4.98 Å². The highest BCUT2D eigenvalue weighted by molar-refractivity contribution is 6.06. The summed E-state index contributed by atoms with van der Waals surface area (Å²) >= 11 is 0. The molecule has 2 amide bonds. The number of pyridine rings is 1. The van der Waals surface area contributed by atoms with Gasteiger partial charge in [-0.15, -0.1) is 0 Å². The van der Waals surface area contributed by atoms with Gasteiger partial charge in [-0.3, -0.25) is 9.59 Å². The Hall–Kier alpha value is -2.89. The van der Waals surface area contributed by atoms with Crippen LogP contribution in [0.2, 0.25) is 0 Å². The molecule has 6 heteroatoms. The summed E-state index contributed by atoms with van der Waals surface area (Å²) in [6, 6.07) is 10.3. The second-order valence-corrected chi connectivity index (χ2v) is 4.89. The van der Waals surface area contributed by atoms with E-state index in [1.165, 1.54) is 7.11 Å². The number of benzene rings is 1. The zero-order valence-corrected chi connectivity index (χ0v) is 13.1. The molecule has 0 spiro atoms. The highest BCUT2D eigenvalue weighted by Gasteiger charge is 2.13. The van der Waals surface area contributed by atoms with Crippen molar-refractivity contribution >= 4 is 23.2 Å². The Kier molecular flexibility index (Phi) is 5.68. The van der Waals surface area contributed by atoms with Crippen LogP contribution in [0.25, 0.3) is 0 Å². The van der Waals surface area contributed by atoms with E-state index in [0.29, 0.717) is 23.4 Å². The largest absolute Gasteiger partial charge is 0.480 e. The normalized spacial score (nSPS) is 10.0. The summed E-state index contributed by atoms with van der Waals surface area (Å²) in [6.45, 7) is 1.94. The van der Waals surface area contributed by atoms with Gasteiger partial charge in [0.25, 0.3) is 5.91 Å². The van der Waals surface area contributed by atoms with Crippen LogP contribution in [0.1, 0.15) is 30.1 Å². The van der Waals surface area contributed by atoms with Crippen LogP contribution < -0.4 is 15.4 Å². The van der Waals surface area contributed by atoms with Crippen molar-refractivity contribution in [2.75, 3.05) is 17.7 Å². The molecule has 1 aromatic heterocycles. The number of amides is 2. The Morgan fingerprint density at radius 2 is 1.87 bits per heavy atom. The van der Waals surface area contributed by atoms with Gasteiger partial charge in [0.15, 0.2) is 0 Å². The van der Waals surface area contributed by atoms with E-state index in [1.54, 1.807) is 42.6 Å². The molecule has 2 aromatic rings. The summed E-state index contributed by atoms with van der Waals surface area (Å²) in [5, 5.41) is 5.56. The molecule has 120 valence electrons. The van der Waals surface area contributed by atoms with Crippen molar-refractivity contribution < 1.29 is 14.3 Å². The third-order valence-corrected chi connectivity index (χ3v) is 3.09. The number of carbonyl (C=O) groups excluding carboxylic acids is 2. The molecule has 2 rings (SSSR count). The smallest absolute Gasteiger partial charge is 0.261 e. The molecular formula is C17H19N3O3. The lowest BCUT2D eigenvalue weighted by atomic mass is 10.2. The van der Waals surface area contributed by atoms with Crippen molar-refractivity contribution in [3.63, 3.8) is 0 Å². The molecule has 0 saturated carbocycles. The van der Waals surface area contributed by atoms with Crippen molar-refractivity contribution in [3.05, 3.63) is 48.2 Å². The number of aromatic nitrogens is 1. The lowest BCUT2D eigenvalue weighted by Crippen LogP contribution is -2.14. The van der Waals surface area contributed by atoms with Gasteiger partial charge in [0.1, 0.15) is 5.56 Å². The number of nitrogens with zero attached hydrogens (tertiary/aromatic N) is 1. The molecule has 1 aromatic carbocycles. The van der Waals surface area contributed by atoms with Crippen molar-refractivity contribution in [3.8, 4) is 5.88 Å². The van der Waals surface area contributed by atoms with E-state index in [0.717, 1.165) is 6.42 Å². The summed E-state index contributed by atoms with van der Waals surface area (Å²) in [6.07, 6.45) is 2.80. The quantitative estimate of drug-likeness (QED) is 0.859. The highest BCUT2D eigenvalue weighted by Crippen LogP contribution is 2.19. The Morgan fingerprint density at radius 1 is 1.13 bits per heavy atom. The molecule has 0 aliphatic heterocycles. The molecule has 0 bridgehead atoms. The van der Waals surface area contributed by atoms with E-state index >= 15 is 0 Å². The second kappa shape index (κ2) is 7.93. The highest BCUT2D eigenvalue weighted by atomic mass is 16.5. The maximum absolute atomic E-state index is 12.3. The van der Waals surface area contributed by atoms with E-state index in [-0.39, 0.29) is 17.7 Å². The van der Waals surface area contributed by atoms with Gasteiger partial charge in [-0.1, -0.05) is 13.0 Å². The Balaban J connectivity index is 2.11. The number of methoxy groups -OCH3 is 1. The topological polar surface area (TPSA) is 80.3 Å². The summed E-state index contributed by atoms with van der Waals surface area (Å²) in [5.41, 5.74) is 1.56. The first-order valence-corrected chi connectivity index (χ1v) is 7.34. The van der Waals surface area contributed by atoms with Crippen LogP contribution in [-0.2, 0) is 4.79 Å². The summed E-state index contributed by atoms with van der Waals surface area (Å²) in [7, 11) is 1.46. The van der Waals surface area contributed by atoms with Gasteiger partial charge in [-0.2, -0.15) is 0 Å². The minimum Gasteiger partial charge on any atom is -0.480 e. The van der Waals surface area contributed by atoms with Crippen LogP contribution in [0, 0.1) is 0 Å². The number of anilines is 2. The minimum absolute atomic E-state index is 0.0510. The number of carbonyl (C=O) groups is 2. The average molecular weight is 313 g/mol. The van der Waals surface area contributed by atoms with Crippen molar-refractivity contribution in [1.82, 2.24) is 4.98 Å². The first-order chi connectivity index (χ1) is 11.1. The van der Waals surface area contributed by atoms with Gasteiger partial charge in [-0.05, 0) is 36.8 Å². The molecule has 0 aliphatic carbocycles. The number of rotatable bonds is 6. The fraction of sp³-hybridized carbons (Fsp3) is 0.235. The zero-order valence-electron chi connectivity index (χ0n) is 13.1. The van der Waals surface area contributed by atoms with Crippen LogP contribution in [-0.4, -0.2) is 23.9 Å². The van der Waals surface area contributed by atoms with Crippen LogP contribution >= 0.6 is 0 Å². The first kappa shape index (κ1) is 16.5. The standard InChI is InChI=1S/C17H19N3O3/c1-3-6-15(21)19-12-7-4-8-13(11-12)20-16(22)14-9-5-10-18-17(14)23-2/h4-5,7-11H,3,6H2,1-2H3,(H,19,21)(H,20,22). The third-order valence-electron chi connectivity index (χ3n) is 3.09. The predicted molar refractivity (Wildman–Crippen MR) is 88.7 cm³/mol. The fourth-order valence-electron chi connectivity index (χ4n) is 2.05. The fourth-order valence-corrected chi connectivity index (χ4v) is 2.05. The molecule has 0 aliphatic rings. The van der Waals surface area contributed by atoms with Crippen LogP contribution in [0.5, 0.6) is 5.88 Å². The lowest BCUT2D eigenvalue weighted by Gasteiger charge is -2.10. The van der Waals surface area contributed by atoms with Gasteiger partial charge in [0.2, 0.25) is 11.8 Å². The first-order valence-electron chi connectivity index (χ1n) is 7.34. The van der Waals surface area contributed by atoms with Crippen LogP contribution in [0.3, 0.4) is 0 Å². The lowest BCUT2D eigenvalue weighted by molar-refractivity contribution is -0.116. The average Bonchev–Trinajstić information content (AvgIpc) is 2.55. The maximum atomic E-state index is 12.3. The van der Waals surface area contributed by atoms with Gasteiger partial charge >= 0.3 is 0 Å². The van der Waals surface area contributed by atoms with Gasteiger partial charge in [0.05, 0.1) is 7.11 Å². The third kappa shape index (κ3) is 4.54. The summed E-state index contributed by atoms with van der Waals surface area (Å²) in [5.74, 6) is -0.116. The number of hydrogen-bond donors (Lipinski definition) is 2. The molecule has 0 saturated heterocycles. The zero-order chi connectivity index (χ0) is 16.7. The molecule has 0 fully saturated rings. The molecule has 2 N–H and O–H groups in total. The van der Waals surface area contributed by atoms with Crippen LogP contribution in [0.4, 0.5) is 11.4 Å². The molecule has 0 unspecified atom stereocenters. The number of nitrogens with one attached hydrogen (secondary N) is 2. The van der Waals surface area contributed by atoms with Crippen molar-refractivity contribution in [2.45, 2.75) is 19.8 Å². The van der Waals surface area contributed by atoms with Crippen LogP contribution in [0.15, 0.2) is 42.6 Å². The summed E-state index contributed by atoms with van der Waals surface area (Å²) < 4.78 is 5.08. The molecule has 0 radical (unpaired) electrons. The van der Waals surface area contributed by atoms with Crippen molar-refractivity contribution in [1.29, 1.82) is 0 Å². The molecule has 1 heterocycles. The van der Waals surface area contributed by atoms with Gasteiger partial charge < -0.3 is 15.4 Å². The van der Waals surface area contributed by atoms with Gasteiger partial charge in [0, 0.05) is 24.0 Å². The van der Waals surface area contributed by atoms with E-state index < -0.39 is 0 Å². The van der Waals surface area contributed by atoms with E-state index in [2.05, 4.69) is 15.6 Å². The van der Waals surface area contributed by atoms with E-state index in [9.17, 15) is 9.59 Å². The minimum atomic E-state index is -0.327. The van der Waals surface area contributed by atoms with E-state index in [4.69, 9.17) is 4.74 Å². The summed E-state index contributed by atoms with van der Waals surface area (Å²) in [4.78, 5) is 27.9. The Bertz CT molecular complexity index is 701. The maximum Gasteiger partial charge on any atom is 0.261 e. The predicted octanol–water partition coefficient (Wildman–Crippen LogP) is 3.08. The molecule has 23 heavy (non-hydrogen) atoms. The SMILES string of the molecule is CCCC(=O)Nc1cccc(NC(=O)c2cccnc2OC)c1. The monoisotopic (exact) mass is 313 g/mol. The second-order valence-electron chi connectivity index (χ2n) is 4.89. The molecular weight excluding hydrogens is 294 g/mol. The molecule has 6 nitrogen and oxygen atoms in total. The molecule has 0 atom stereocenters.